The van der Waals surface area contributed by atoms with E-state index in [1.54, 1.807) is 18.2 Å². The second-order valence-corrected chi connectivity index (χ2v) is 16.3. The van der Waals surface area contributed by atoms with E-state index in [1.807, 2.05) is 48.6 Å². The molecular formula is C37H61BN6O8. The number of likely N-dealkylation sites (N-methyl/N-ethyl adjacent to an activating group) is 1. The second-order valence-electron chi connectivity index (χ2n) is 16.3. The molecule has 1 amide bonds. The topological polar surface area (TPSA) is 150 Å². The Morgan fingerprint density at radius 1 is 1.12 bits per heavy atom. The van der Waals surface area contributed by atoms with Gasteiger partial charge in [0.25, 0.3) is 7.98 Å². The number of cyclic esters (lactones) is 1. The molecule has 1 aromatic heterocycles. The monoisotopic (exact) mass is 728 g/mol. The van der Waals surface area contributed by atoms with Crippen LogP contribution >= 0.6 is 0 Å². The van der Waals surface area contributed by atoms with Crippen molar-refractivity contribution in [3.8, 4) is 0 Å². The molecule has 4 aliphatic rings. The third-order valence-corrected chi connectivity index (χ3v) is 12.8. The maximum Gasteiger partial charge on any atom is 0.410 e. The van der Waals surface area contributed by atoms with Crippen LogP contribution in [0.4, 0.5) is 4.79 Å². The van der Waals surface area contributed by atoms with E-state index in [-0.39, 0.29) is 47.8 Å². The average Bonchev–Trinajstić information content (AvgIpc) is 3.57. The Bertz CT molecular complexity index is 1450. The minimum absolute atomic E-state index is 0.0714. The number of hydrogen-bond donors (Lipinski definition) is 1. The highest BCUT2D eigenvalue weighted by molar-refractivity contribution is 6.05. The molecule has 0 saturated carbocycles. The minimum atomic E-state index is -1.06. The van der Waals surface area contributed by atoms with E-state index in [0.29, 0.717) is 45.3 Å². The summed E-state index contributed by atoms with van der Waals surface area (Å²) in [4.78, 5) is 36.3. The number of aromatic nitrogens is 3. The van der Waals surface area contributed by atoms with E-state index in [4.69, 9.17) is 36.7 Å². The molecule has 1 aromatic rings. The molecule has 14 nitrogen and oxygen atoms in total. The third-order valence-electron chi connectivity index (χ3n) is 12.8. The van der Waals surface area contributed by atoms with Gasteiger partial charge in [-0.25, -0.2) is 4.79 Å². The van der Waals surface area contributed by atoms with Gasteiger partial charge in [-0.05, 0) is 64.8 Å². The van der Waals surface area contributed by atoms with Crippen molar-refractivity contribution in [1.82, 2.24) is 24.7 Å². The van der Waals surface area contributed by atoms with Crippen molar-refractivity contribution in [2.75, 3.05) is 33.8 Å². The van der Waals surface area contributed by atoms with Crippen LogP contribution in [-0.2, 0) is 34.9 Å². The number of carbonyl (C=O) groups excluding carboxylic acids is 2. The summed E-state index contributed by atoms with van der Waals surface area (Å²) in [5.41, 5.74) is -0.228. The molecule has 290 valence electrons. The van der Waals surface area contributed by atoms with Crippen LogP contribution in [0.1, 0.15) is 87.3 Å². The summed E-state index contributed by atoms with van der Waals surface area (Å²) < 4.78 is 33.4. The first-order valence-corrected chi connectivity index (χ1v) is 19.1. The largest absolute Gasteiger partial charge is 0.458 e. The number of rotatable bonds is 8. The zero-order chi connectivity index (χ0) is 38.3. The van der Waals surface area contributed by atoms with Gasteiger partial charge in [-0.2, -0.15) is 0 Å². The lowest BCUT2D eigenvalue weighted by Gasteiger charge is -2.49. The maximum absolute atomic E-state index is 14.0. The molecule has 3 fully saturated rings. The van der Waals surface area contributed by atoms with E-state index in [1.165, 1.54) is 4.59 Å². The van der Waals surface area contributed by atoms with Crippen molar-refractivity contribution in [2.24, 2.45) is 34.6 Å². The van der Waals surface area contributed by atoms with E-state index in [9.17, 15) is 14.7 Å². The molecule has 4 aliphatic heterocycles. The van der Waals surface area contributed by atoms with Gasteiger partial charge in [0, 0.05) is 50.5 Å². The number of fused-ring (bicyclic) bond motifs is 1. The van der Waals surface area contributed by atoms with Crippen LogP contribution < -0.4 is 0 Å². The van der Waals surface area contributed by atoms with Gasteiger partial charge >= 0.3 is 12.1 Å². The Morgan fingerprint density at radius 3 is 2.46 bits per heavy atom. The first-order valence-electron chi connectivity index (χ1n) is 19.1. The first-order chi connectivity index (χ1) is 24.4. The molecule has 1 N–H and O–H groups in total. The lowest BCUT2D eigenvalue weighted by molar-refractivity contribution is -0.300. The smallest absolute Gasteiger partial charge is 0.410 e. The summed E-state index contributed by atoms with van der Waals surface area (Å²) in [6.45, 7) is 19.6. The Balaban J connectivity index is 1.48. The van der Waals surface area contributed by atoms with Gasteiger partial charge in [-0.15, -0.1) is 5.10 Å². The van der Waals surface area contributed by atoms with E-state index >= 15 is 0 Å². The Labute approximate surface area is 310 Å². The number of ether oxygens (including phenoxy) is 5. The molecule has 5 heterocycles. The van der Waals surface area contributed by atoms with Crippen LogP contribution in [0.5, 0.6) is 0 Å². The summed E-state index contributed by atoms with van der Waals surface area (Å²) in [6.07, 6.45) is 0.142. The van der Waals surface area contributed by atoms with Crippen LogP contribution in [0.15, 0.2) is 11.2 Å². The Morgan fingerprint density at radius 2 is 1.83 bits per heavy atom. The lowest BCUT2D eigenvalue weighted by atomic mass is 9.71. The molecule has 2 bridgehead atoms. The number of aliphatic hydroxyl groups excluding tert-OH is 1. The summed E-state index contributed by atoms with van der Waals surface area (Å²) in [5.74, 6) is -1.63. The van der Waals surface area contributed by atoms with Crippen molar-refractivity contribution >= 4 is 25.8 Å². The second kappa shape index (κ2) is 16.0. The fourth-order valence-electron chi connectivity index (χ4n) is 9.44. The average molecular weight is 729 g/mol. The van der Waals surface area contributed by atoms with Crippen molar-refractivity contribution in [1.29, 1.82) is 0 Å². The maximum atomic E-state index is 14.0. The predicted octanol–water partition coefficient (Wildman–Crippen LogP) is 3.28. The molecule has 14 atom stereocenters. The summed E-state index contributed by atoms with van der Waals surface area (Å²) in [6, 6.07) is -0.629. The third kappa shape index (κ3) is 7.80. The Hall–Kier alpha value is -2.59. The summed E-state index contributed by atoms with van der Waals surface area (Å²) >= 11 is 0. The number of aliphatic imine (C=N–C) groups is 1. The molecule has 3 saturated heterocycles. The number of amides is 1. The van der Waals surface area contributed by atoms with Gasteiger partial charge in [-0.3, -0.25) is 14.7 Å². The van der Waals surface area contributed by atoms with E-state index in [0.717, 1.165) is 11.4 Å². The normalized spacial score (nSPS) is 41.9. The number of carbonyl (C=O) groups is 2. The van der Waals surface area contributed by atoms with Crippen LogP contribution in [0, 0.1) is 29.6 Å². The molecule has 0 aromatic carbocycles. The van der Waals surface area contributed by atoms with Crippen molar-refractivity contribution < 1.29 is 38.4 Å². The minimum Gasteiger partial charge on any atom is -0.458 e. The molecule has 15 heteroatoms. The van der Waals surface area contributed by atoms with Crippen LogP contribution in [0.3, 0.4) is 0 Å². The van der Waals surface area contributed by atoms with Gasteiger partial charge < -0.3 is 38.3 Å². The van der Waals surface area contributed by atoms with Gasteiger partial charge in [0.2, 0.25) is 0 Å². The fourth-order valence-corrected chi connectivity index (χ4v) is 9.44. The Kier molecular flexibility index (Phi) is 12.5. The van der Waals surface area contributed by atoms with E-state index < -0.39 is 47.8 Å². The highest BCUT2D eigenvalue weighted by atomic mass is 16.7. The molecule has 1 unspecified atom stereocenters. The predicted molar refractivity (Wildman–Crippen MR) is 195 cm³/mol. The molecule has 0 aliphatic carbocycles. The standard InChI is InChI=1S/C37H61BN6O8/c1-12-28-37(9)31-25(7)29(39-14-16-43(31)35(47)52-37)20(2)18-36(8,48-11)32(23(5)22(4)24(6)33(46)50-28)51-34-30(45)27(17-21(3)49-34)42(10)15-13-26-19-44(38)41-40-26/h19-25,27-28,30-32,34,45H,12-18H2,1-11H3/t20-,21-,22+,23+,24-,25-,27?,28-,30-,31-,32-,34-,36-,37-/m1/s1. The zero-order valence-electron chi connectivity index (χ0n) is 33.0. The van der Waals surface area contributed by atoms with Crippen LogP contribution in [-0.4, -0.2) is 143 Å². The zero-order valence-corrected chi connectivity index (χ0v) is 33.0. The molecule has 0 spiro atoms. The number of hydrogen-bond acceptors (Lipinski definition) is 12. The van der Waals surface area contributed by atoms with Crippen LogP contribution in [0.2, 0.25) is 0 Å². The van der Waals surface area contributed by atoms with Gasteiger partial charge in [-0.1, -0.05) is 46.8 Å². The molecule has 2 radical (unpaired) electrons. The molecular weight excluding hydrogens is 667 g/mol. The van der Waals surface area contributed by atoms with Crippen molar-refractivity contribution in [2.45, 2.75) is 142 Å². The number of nitrogens with zero attached hydrogens (tertiary/aromatic N) is 6. The molecule has 5 rings (SSSR count). The highest BCUT2D eigenvalue weighted by Gasteiger charge is 2.60. The number of esters is 1. The van der Waals surface area contributed by atoms with Crippen LogP contribution in [0.25, 0.3) is 0 Å². The first kappa shape index (κ1) is 40.6. The van der Waals surface area contributed by atoms with Crippen molar-refractivity contribution in [3.63, 3.8) is 0 Å². The quantitative estimate of drug-likeness (QED) is 0.311. The van der Waals surface area contributed by atoms with Gasteiger partial charge in [0.1, 0.15) is 12.2 Å². The van der Waals surface area contributed by atoms with E-state index in [2.05, 4.69) is 36.0 Å². The van der Waals surface area contributed by atoms with Gasteiger partial charge in [0.05, 0.1) is 42.0 Å². The SMILES string of the molecule is [B]n1cc(CCN(C)C2C[C@@H](C)O[C@H](O[C@@H]3[C@@H](C)[C@H](C)[C@@H](C)C(=O)O[C@H](CC)[C@@]4(C)OC(=O)N5CCN=C([C@H](C)C[C@@]3(C)OC)[C@@H](C)[C@@H]54)[C@@H]2O)nn1. The lowest BCUT2D eigenvalue weighted by Crippen LogP contribution is -2.60. The highest BCUT2D eigenvalue weighted by Crippen LogP contribution is 2.45. The van der Waals surface area contributed by atoms with Gasteiger partial charge in [0.15, 0.2) is 11.9 Å². The number of aliphatic hydroxyl groups is 1. The van der Waals surface area contributed by atoms with Crippen molar-refractivity contribution in [3.05, 3.63) is 11.9 Å². The fraction of sp³-hybridized carbons (Fsp3) is 0.865. The molecule has 52 heavy (non-hydrogen) atoms. The summed E-state index contributed by atoms with van der Waals surface area (Å²) in [5, 5.41) is 19.8. The number of methoxy groups -OCH3 is 1. The summed E-state index contributed by atoms with van der Waals surface area (Å²) in [7, 11) is 9.35.